The Morgan fingerprint density at radius 1 is 1.00 bits per heavy atom. The molecule has 1 saturated heterocycles. The second-order valence-corrected chi connectivity index (χ2v) is 7.43. The minimum atomic E-state index is -0.217. The number of fused-ring (bicyclic) bond motifs is 1. The second-order valence-electron chi connectivity index (χ2n) is 7.43. The first-order valence-corrected chi connectivity index (χ1v) is 9.55. The van der Waals surface area contributed by atoms with Gasteiger partial charge in [0.1, 0.15) is 5.75 Å². The summed E-state index contributed by atoms with van der Waals surface area (Å²) in [7, 11) is 0. The van der Waals surface area contributed by atoms with Gasteiger partial charge in [0.25, 0.3) is 0 Å². The largest absolute Gasteiger partial charge is 0.494 e. The molecule has 2 aliphatic rings. The Labute approximate surface area is 155 Å². The van der Waals surface area contributed by atoms with Crippen molar-refractivity contribution in [2.45, 2.75) is 25.7 Å². The Morgan fingerprint density at radius 2 is 1.73 bits per heavy atom. The third-order valence-electron chi connectivity index (χ3n) is 5.72. The van der Waals surface area contributed by atoms with E-state index in [1.807, 2.05) is 42.5 Å². The molecule has 2 aromatic rings. The topological polar surface area (TPSA) is 41.6 Å². The van der Waals surface area contributed by atoms with E-state index in [2.05, 4.69) is 22.3 Å². The van der Waals surface area contributed by atoms with Crippen molar-refractivity contribution in [2.24, 2.45) is 5.41 Å². The molecular formula is C22H26N2O2. The first-order chi connectivity index (χ1) is 12.8. The fraction of sp³-hybridized carbons (Fsp3) is 0.409. The van der Waals surface area contributed by atoms with Crippen LogP contribution in [0.5, 0.6) is 5.75 Å². The van der Waals surface area contributed by atoms with Crippen LogP contribution in [0.4, 0.5) is 5.69 Å². The van der Waals surface area contributed by atoms with Crippen LogP contribution in [0, 0.1) is 5.41 Å². The molecule has 4 rings (SSSR count). The van der Waals surface area contributed by atoms with Gasteiger partial charge in [0.05, 0.1) is 12.0 Å². The van der Waals surface area contributed by atoms with Crippen LogP contribution in [-0.4, -0.2) is 37.0 Å². The van der Waals surface area contributed by atoms with Crippen molar-refractivity contribution in [3.63, 3.8) is 0 Å². The molecule has 0 aromatic heterocycles. The first kappa shape index (κ1) is 17.1. The number of nitrogens with one attached hydrogen (secondary N) is 1. The fourth-order valence-corrected chi connectivity index (χ4v) is 4.10. The molecule has 0 bridgehead atoms. The van der Waals surface area contributed by atoms with Gasteiger partial charge in [-0.05, 0) is 62.5 Å². The van der Waals surface area contributed by atoms with Gasteiger partial charge in [-0.3, -0.25) is 4.79 Å². The van der Waals surface area contributed by atoms with Gasteiger partial charge in [-0.15, -0.1) is 0 Å². The summed E-state index contributed by atoms with van der Waals surface area (Å²) in [6, 6.07) is 18.2. The van der Waals surface area contributed by atoms with E-state index in [-0.39, 0.29) is 11.3 Å². The van der Waals surface area contributed by atoms with Crippen LogP contribution in [0.25, 0.3) is 0 Å². The summed E-state index contributed by atoms with van der Waals surface area (Å²) >= 11 is 0. The highest BCUT2D eigenvalue weighted by atomic mass is 16.5. The number of carbonyl (C=O) groups excluding carboxylic acids is 1. The van der Waals surface area contributed by atoms with Crippen molar-refractivity contribution in [1.29, 1.82) is 0 Å². The van der Waals surface area contributed by atoms with Crippen molar-refractivity contribution in [2.75, 3.05) is 31.6 Å². The summed E-state index contributed by atoms with van der Waals surface area (Å²) in [5, 5.41) is 3.13. The monoisotopic (exact) mass is 350 g/mol. The number of likely N-dealkylation sites (tertiary alicyclic amines) is 1. The number of para-hydroxylation sites is 2. The van der Waals surface area contributed by atoms with Gasteiger partial charge in [-0.1, -0.05) is 36.4 Å². The SMILES string of the molecule is O=C1Nc2ccccc2CC12CCN(CCCOc1ccccc1)CC2. The number of hydrogen-bond acceptors (Lipinski definition) is 3. The first-order valence-electron chi connectivity index (χ1n) is 9.55. The highest BCUT2D eigenvalue weighted by molar-refractivity contribution is 5.98. The van der Waals surface area contributed by atoms with Gasteiger partial charge in [0, 0.05) is 12.2 Å². The normalized spacial score (nSPS) is 19.0. The summed E-state index contributed by atoms with van der Waals surface area (Å²) in [4.78, 5) is 15.2. The molecular weight excluding hydrogens is 324 g/mol. The van der Waals surface area contributed by atoms with Gasteiger partial charge in [0.2, 0.25) is 5.91 Å². The molecule has 0 atom stereocenters. The number of rotatable bonds is 5. The van der Waals surface area contributed by atoms with Crippen LogP contribution in [-0.2, 0) is 11.2 Å². The molecule has 4 heteroatoms. The van der Waals surface area contributed by atoms with E-state index in [1.54, 1.807) is 0 Å². The zero-order valence-corrected chi connectivity index (χ0v) is 15.1. The third-order valence-corrected chi connectivity index (χ3v) is 5.72. The van der Waals surface area contributed by atoms with Gasteiger partial charge in [0.15, 0.2) is 0 Å². The molecule has 1 amide bonds. The molecule has 0 radical (unpaired) electrons. The number of carbonyl (C=O) groups is 1. The minimum Gasteiger partial charge on any atom is -0.494 e. The maximum absolute atomic E-state index is 12.7. The highest BCUT2D eigenvalue weighted by Gasteiger charge is 2.44. The van der Waals surface area contributed by atoms with Gasteiger partial charge >= 0.3 is 0 Å². The Bertz CT molecular complexity index is 752. The van der Waals surface area contributed by atoms with Crippen molar-refractivity contribution >= 4 is 11.6 Å². The smallest absolute Gasteiger partial charge is 0.231 e. The van der Waals surface area contributed by atoms with Crippen molar-refractivity contribution < 1.29 is 9.53 Å². The van der Waals surface area contributed by atoms with Crippen LogP contribution in [0.3, 0.4) is 0 Å². The summed E-state index contributed by atoms with van der Waals surface area (Å²) in [5.41, 5.74) is 2.05. The van der Waals surface area contributed by atoms with E-state index in [1.165, 1.54) is 5.56 Å². The lowest BCUT2D eigenvalue weighted by molar-refractivity contribution is -0.128. The number of ether oxygens (including phenoxy) is 1. The van der Waals surface area contributed by atoms with Crippen molar-refractivity contribution in [1.82, 2.24) is 4.90 Å². The summed E-state index contributed by atoms with van der Waals surface area (Å²) in [6.07, 6.45) is 3.76. The molecule has 26 heavy (non-hydrogen) atoms. The lowest BCUT2D eigenvalue weighted by Gasteiger charge is -2.43. The molecule has 1 N–H and O–H groups in total. The van der Waals surface area contributed by atoms with Crippen LogP contribution < -0.4 is 10.1 Å². The summed E-state index contributed by atoms with van der Waals surface area (Å²) < 4.78 is 5.77. The maximum Gasteiger partial charge on any atom is 0.231 e. The zero-order chi connectivity index (χ0) is 17.8. The number of nitrogens with zero attached hydrogens (tertiary/aromatic N) is 1. The van der Waals surface area contributed by atoms with Crippen molar-refractivity contribution in [3.8, 4) is 5.75 Å². The number of hydrogen-bond donors (Lipinski definition) is 1. The molecule has 2 aromatic carbocycles. The number of amides is 1. The minimum absolute atomic E-state index is 0.211. The lowest BCUT2D eigenvalue weighted by atomic mass is 9.71. The Kier molecular flexibility index (Phi) is 4.93. The molecule has 2 aliphatic heterocycles. The van der Waals surface area contributed by atoms with E-state index in [9.17, 15) is 4.79 Å². The van der Waals surface area contributed by atoms with Crippen LogP contribution in [0.15, 0.2) is 54.6 Å². The van der Waals surface area contributed by atoms with E-state index in [0.717, 1.165) is 63.4 Å². The average Bonchev–Trinajstić information content (AvgIpc) is 2.68. The highest BCUT2D eigenvalue weighted by Crippen LogP contribution is 2.41. The molecule has 2 heterocycles. The summed E-state index contributed by atoms with van der Waals surface area (Å²) in [5.74, 6) is 1.14. The van der Waals surface area contributed by atoms with E-state index >= 15 is 0 Å². The molecule has 0 saturated carbocycles. The van der Waals surface area contributed by atoms with Gasteiger partial charge < -0.3 is 15.0 Å². The fourth-order valence-electron chi connectivity index (χ4n) is 4.10. The molecule has 4 nitrogen and oxygen atoms in total. The number of anilines is 1. The lowest BCUT2D eigenvalue weighted by Crippen LogP contribution is -2.50. The molecule has 0 unspecified atom stereocenters. The maximum atomic E-state index is 12.7. The van der Waals surface area contributed by atoms with Crippen molar-refractivity contribution in [3.05, 3.63) is 60.2 Å². The number of piperidine rings is 1. The predicted octanol–water partition coefficient (Wildman–Crippen LogP) is 3.73. The summed E-state index contributed by atoms with van der Waals surface area (Å²) in [6.45, 7) is 3.74. The van der Waals surface area contributed by atoms with E-state index in [0.29, 0.717) is 0 Å². The Hall–Kier alpha value is -2.33. The molecule has 1 fully saturated rings. The van der Waals surface area contributed by atoms with E-state index in [4.69, 9.17) is 4.74 Å². The third kappa shape index (κ3) is 3.61. The standard InChI is InChI=1S/C22H26N2O2/c25-21-22(17-18-7-4-5-10-20(18)23-21)11-14-24(15-12-22)13-6-16-26-19-8-2-1-3-9-19/h1-5,7-10H,6,11-17H2,(H,23,25). The Morgan fingerprint density at radius 3 is 2.54 bits per heavy atom. The predicted molar refractivity (Wildman–Crippen MR) is 103 cm³/mol. The van der Waals surface area contributed by atoms with Crippen LogP contribution in [0.2, 0.25) is 0 Å². The molecule has 0 aliphatic carbocycles. The van der Waals surface area contributed by atoms with Crippen LogP contribution in [0.1, 0.15) is 24.8 Å². The van der Waals surface area contributed by atoms with Gasteiger partial charge in [-0.25, -0.2) is 0 Å². The molecule has 136 valence electrons. The molecule has 1 spiro atoms. The van der Waals surface area contributed by atoms with Crippen LogP contribution >= 0.6 is 0 Å². The van der Waals surface area contributed by atoms with E-state index < -0.39 is 0 Å². The Balaban J connectivity index is 1.26. The zero-order valence-electron chi connectivity index (χ0n) is 15.1. The number of benzene rings is 2. The van der Waals surface area contributed by atoms with Gasteiger partial charge in [-0.2, -0.15) is 0 Å². The quantitative estimate of drug-likeness (QED) is 0.836. The second kappa shape index (κ2) is 7.50. The average molecular weight is 350 g/mol.